The Morgan fingerprint density at radius 2 is 2.14 bits per heavy atom. The van der Waals surface area contributed by atoms with Gasteiger partial charge in [0.2, 0.25) is 0 Å². The molecule has 1 aromatic rings. The van der Waals surface area contributed by atoms with Gasteiger partial charge in [-0.15, -0.1) is 11.8 Å². The molecule has 76 valence electrons. The average Bonchev–Trinajstić information content (AvgIpc) is 2.64. The van der Waals surface area contributed by atoms with Crippen LogP contribution >= 0.6 is 11.8 Å². The lowest BCUT2D eigenvalue weighted by Crippen LogP contribution is -2.17. The molecule has 2 atom stereocenters. The minimum absolute atomic E-state index is 0.568. The highest BCUT2D eigenvalue weighted by Gasteiger charge is 2.25. The summed E-state index contributed by atoms with van der Waals surface area (Å²) in [5.74, 6) is 0.767. The second-order valence-electron chi connectivity index (χ2n) is 3.94. The molecular weight excluding hydrogens is 190 g/mol. The van der Waals surface area contributed by atoms with E-state index < -0.39 is 0 Å². The van der Waals surface area contributed by atoms with Crippen LogP contribution in [0.4, 0.5) is 0 Å². The Morgan fingerprint density at radius 1 is 1.36 bits per heavy atom. The van der Waals surface area contributed by atoms with Gasteiger partial charge in [-0.1, -0.05) is 25.1 Å². The molecule has 1 fully saturated rings. The summed E-state index contributed by atoms with van der Waals surface area (Å²) in [5.41, 5.74) is 1.48. The zero-order valence-corrected chi connectivity index (χ0v) is 9.60. The van der Waals surface area contributed by atoms with Crippen LogP contribution in [0, 0.1) is 5.92 Å². The van der Waals surface area contributed by atoms with Crippen molar-refractivity contribution in [2.75, 3.05) is 12.8 Å². The number of thioether (sulfide) groups is 1. The summed E-state index contributed by atoms with van der Waals surface area (Å²) in [4.78, 5) is 1.42. The van der Waals surface area contributed by atoms with E-state index in [0.29, 0.717) is 6.04 Å². The second kappa shape index (κ2) is 4.37. The summed E-state index contributed by atoms with van der Waals surface area (Å²) in [5, 5.41) is 3.58. The first-order valence-corrected chi connectivity index (χ1v) is 6.41. The van der Waals surface area contributed by atoms with Crippen LogP contribution in [-0.4, -0.2) is 12.8 Å². The molecule has 1 saturated heterocycles. The zero-order chi connectivity index (χ0) is 9.97. The van der Waals surface area contributed by atoms with Crippen LogP contribution in [0.1, 0.15) is 24.9 Å². The predicted molar refractivity (Wildman–Crippen MR) is 62.7 cm³/mol. The molecule has 2 unspecified atom stereocenters. The molecular formula is C12H17NS. The smallest absolute Gasteiger partial charge is 0.0357 e. The van der Waals surface area contributed by atoms with Crippen LogP contribution in [-0.2, 0) is 0 Å². The molecule has 1 heterocycles. The van der Waals surface area contributed by atoms with E-state index in [9.17, 15) is 0 Å². The van der Waals surface area contributed by atoms with Gasteiger partial charge in [0.25, 0.3) is 0 Å². The molecule has 0 amide bonds. The van der Waals surface area contributed by atoms with Crippen LogP contribution in [0.25, 0.3) is 0 Å². The van der Waals surface area contributed by atoms with E-state index in [1.807, 2.05) is 11.8 Å². The monoisotopic (exact) mass is 207 g/mol. The molecule has 0 spiro atoms. The van der Waals surface area contributed by atoms with Crippen LogP contribution < -0.4 is 5.32 Å². The first kappa shape index (κ1) is 10.1. The average molecular weight is 207 g/mol. The molecule has 0 saturated carbocycles. The molecule has 14 heavy (non-hydrogen) atoms. The Kier molecular flexibility index (Phi) is 3.14. The summed E-state index contributed by atoms with van der Waals surface area (Å²) < 4.78 is 0. The van der Waals surface area contributed by atoms with Crippen LogP contribution in [0.3, 0.4) is 0 Å². The van der Waals surface area contributed by atoms with Gasteiger partial charge >= 0.3 is 0 Å². The Balaban J connectivity index is 2.30. The third kappa shape index (κ3) is 1.82. The van der Waals surface area contributed by atoms with Crippen molar-refractivity contribution in [1.82, 2.24) is 5.32 Å². The van der Waals surface area contributed by atoms with Crippen molar-refractivity contribution >= 4 is 11.8 Å². The molecule has 0 aromatic heterocycles. The third-order valence-corrected chi connectivity index (χ3v) is 3.82. The Labute approximate surface area is 90.3 Å². The van der Waals surface area contributed by atoms with E-state index in [1.165, 1.54) is 16.9 Å². The lowest BCUT2D eigenvalue weighted by atomic mass is 9.96. The molecule has 1 aliphatic heterocycles. The number of hydrogen-bond acceptors (Lipinski definition) is 2. The van der Waals surface area contributed by atoms with Crippen molar-refractivity contribution in [3.8, 4) is 0 Å². The quantitative estimate of drug-likeness (QED) is 0.748. The maximum Gasteiger partial charge on any atom is 0.0357 e. The highest BCUT2D eigenvalue weighted by Crippen LogP contribution is 2.34. The number of hydrogen-bond donors (Lipinski definition) is 1. The fourth-order valence-electron chi connectivity index (χ4n) is 2.17. The molecule has 1 N–H and O–H groups in total. The summed E-state index contributed by atoms with van der Waals surface area (Å²) in [7, 11) is 0. The van der Waals surface area contributed by atoms with Gasteiger partial charge in [-0.25, -0.2) is 0 Å². The largest absolute Gasteiger partial charge is 0.310 e. The van der Waals surface area contributed by atoms with E-state index in [2.05, 4.69) is 42.8 Å². The highest BCUT2D eigenvalue weighted by atomic mass is 32.2. The summed E-state index contributed by atoms with van der Waals surface area (Å²) in [6.45, 7) is 3.50. The summed E-state index contributed by atoms with van der Waals surface area (Å²) in [6.07, 6.45) is 3.45. The molecule has 0 aliphatic carbocycles. The minimum atomic E-state index is 0.568. The molecule has 0 bridgehead atoms. The van der Waals surface area contributed by atoms with Gasteiger partial charge in [0, 0.05) is 10.9 Å². The van der Waals surface area contributed by atoms with Crippen molar-refractivity contribution in [3.05, 3.63) is 29.8 Å². The maximum atomic E-state index is 3.58. The van der Waals surface area contributed by atoms with Gasteiger partial charge in [0.15, 0.2) is 0 Å². The standard InChI is InChI=1S/C12H17NS/c1-9-7-8-13-12(9)10-5-3-4-6-11(10)14-2/h3-6,9,12-13H,7-8H2,1-2H3. The SMILES string of the molecule is CSc1ccccc1C1NCCC1C. The third-order valence-electron chi connectivity index (χ3n) is 3.01. The maximum absolute atomic E-state index is 3.58. The van der Waals surface area contributed by atoms with Crippen LogP contribution in [0.5, 0.6) is 0 Å². The first-order chi connectivity index (χ1) is 6.83. The molecule has 2 rings (SSSR count). The van der Waals surface area contributed by atoms with Gasteiger partial charge in [-0.05, 0) is 36.8 Å². The summed E-state index contributed by atoms with van der Waals surface area (Å²) >= 11 is 1.84. The normalized spacial score (nSPS) is 26.7. The van der Waals surface area contributed by atoms with Crippen LogP contribution in [0.2, 0.25) is 0 Å². The highest BCUT2D eigenvalue weighted by molar-refractivity contribution is 7.98. The second-order valence-corrected chi connectivity index (χ2v) is 4.79. The number of rotatable bonds is 2. The van der Waals surface area contributed by atoms with E-state index in [4.69, 9.17) is 0 Å². The van der Waals surface area contributed by atoms with Gasteiger partial charge in [-0.2, -0.15) is 0 Å². The van der Waals surface area contributed by atoms with Crippen molar-refractivity contribution in [1.29, 1.82) is 0 Å². The molecule has 2 heteroatoms. The van der Waals surface area contributed by atoms with Gasteiger partial charge in [-0.3, -0.25) is 0 Å². The lowest BCUT2D eigenvalue weighted by molar-refractivity contribution is 0.497. The fraction of sp³-hybridized carbons (Fsp3) is 0.500. The number of nitrogens with one attached hydrogen (secondary N) is 1. The van der Waals surface area contributed by atoms with Crippen molar-refractivity contribution in [3.63, 3.8) is 0 Å². The molecule has 1 aliphatic rings. The predicted octanol–water partition coefficient (Wildman–Crippen LogP) is 3.08. The van der Waals surface area contributed by atoms with E-state index in [1.54, 1.807) is 0 Å². The Bertz CT molecular complexity index is 311. The Hall–Kier alpha value is -0.470. The van der Waals surface area contributed by atoms with E-state index in [-0.39, 0.29) is 0 Å². The van der Waals surface area contributed by atoms with Crippen molar-refractivity contribution in [2.24, 2.45) is 5.92 Å². The van der Waals surface area contributed by atoms with E-state index >= 15 is 0 Å². The lowest BCUT2D eigenvalue weighted by Gasteiger charge is -2.18. The van der Waals surface area contributed by atoms with Crippen LogP contribution in [0.15, 0.2) is 29.2 Å². The molecule has 1 aromatic carbocycles. The zero-order valence-electron chi connectivity index (χ0n) is 8.79. The number of benzene rings is 1. The summed E-state index contributed by atoms with van der Waals surface area (Å²) in [6, 6.07) is 9.30. The molecule has 0 radical (unpaired) electrons. The van der Waals surface area contributed by atoms with Crippen molar-refractivity contribution < 1.29 is 0 Å². The van der Waals surface area contributed by atoms with Crippen molar-refractivity contribution in [2.45, 2.75) is 24.3 Å². The first-order valence-electron chi connectivity index (χ1n) is 5.19. The Morgan fingerprint density at radius 3 is 2.79 bits per heavy atom. The minimum Gasteiger partial charge on any atom is -0.310 e. The van der Waals surface area contributed by atoms with E-state index in [0.717, 1.165) is 12.5 Å². The van der Waals surface area contributed by atoms with Gasteiger partial charge in [0.1, 0.15) is 0 Å². The fourth-order valence-corrected chi connectivity index (χ4v) is 2.82. The topological polar surface area (TPSA) is 12.0 Å². The molecule has 1 nitrogen and oxygen atoms in total. The van der Waals surface area contributed by atoms with Gasteiger partial charge < -0.3 is 5.32 Å². The van der Waals surface area contributed by atoms with Gasteiger partial charge in [0.05, 0.1) is 0 Å².